The molecular weight excluding hydrogens is 443 g/mol. The third kappa shape index (κ3) is 1.52. The quantitative estimate of drug-likeness (QED) is 0.125. The van der Waals surface area contributed by atoms with E-state index >= 15 is 0 Å². The standard InChI is InChI=1S/C36H15B/c1-7-19-13-21-9-3-17-5-11-23-15-24-12-6-18-4-10-22-14-20-8-2-16(1)25-28(19)34-30(21)26(17)32(23)36-33(24)27(18)31(22)35(29(20)25)37(34)36/h1-15H. The Morgan fingerprint density at radius 1 is 0.243 bits per heavy atom. The second-order valence-electron chi connectivity index (χ2n) is 11.6. The first-order valence-corrected chi connectivity index (χ1v) is 13.3. The molecular formula is C36H15B. The summed E-state index contributed by atoms with van der Waals surface area (Å²) in [4.78, 5) is 0. The first-order chi connectivity index (χ1) is 18.3. The van der Waals surface area contributed by atoms with Gasteiger partial charge in [-0.1, -0.05) is 89.2 Å². The van der Waals surface area contributed by atoms with Crippen LogP contribution in [-0.4, -0.2) is 6.71 Å². The number of hydrogen-bond acceptors (Lipinski definition) is 0. The molecule has 0 amide bonds. The van der Waals surface area contributed by atoms with Gasteiger partial charge in [0.15, 0.2) is 0 Å². The molecule has 3 heterocycles. The number of rotatable bonds is 0. The largest absolute Gasteiger partial charge is 0.246 e. The zero-order chi connectivity index (χ0) is 23.3. The van der Waals surface area contributed by atoms with Crippen molar-refractivity contribution in [2.75, 3.05) is 0 Å². The summed E-state index contributed by atoms with van der Waals surface area (Å²) < 4.78 is 0. The normalized spacial score (nSPS) is 14.4. The Morgan fingerprint density at radius 3 is 0.703 bits per heavy atom. The molecule has 3 aliphatic heterocycles. The maximum atomic E-state index is 2.45. The molecule has 1 heteroatoms. The van der Waals surface area contributed by atoms with E-state index in [-0.39, 0.29) is 6.71 Å². The molecule has 0 saturated heterocycles. The van der Waals surface area contributed by atoms with Gasteiger partial charge in [-0.3, -0.25) is 0 Å². The minimum absolute atomic E-state index is 0.282. The molecule has 0 saturated carbocycles. The van der Waals surface area contributed by atoms with E-state index in [1.165, 1.54) is 97.0 Å². The molecule has 0 aliphatic carbocycles. The summed E-state index contributed by atoms with van der Waals surface area (Å²) in [5, 5.41) is 25.7. The van der Waals surface area contributed by atoms with Gasteiger partial charge in [-0.2, -0.15) is 0 Å². The minimum atomic E-state index is 0.282. The molecule has 0 aromatic heterocycles. The summed E-state index contributed by atoms with van der Waals surface area (Å²) in [7, 11) is 0. The predicted molar refractivity (Wildman–Crippen MR) is 162 cm³/mol. The monoisotopic (exact) mass is 458 g/mol. The van der Waals surface area contributed by atoms with Crippen LogP contribution in [0.4, 0.5) is 0 Å². The van der Waals surface area contributed by atoms with E-state index in [0.717, 1.165) is 0 Å². The van der Waals surface area contributed by atoms with E-state index in [1.807, 2.05) is 0 Å². The van der Waals surface area contributed by atoms with Crippen LogP contribution >= 0.6 is 0 Å². The maximum Gasteiger partial charge on any atom is 0.246 e. The zero-order valence-corrected chi connectivity index (χ0v) is 19.7. The molecule has 0 nitrogen and oxygen atoms in total. The van der Waals surface area contributed by atoms with E-state index in [1.54, 1.807) is 16.4 Å². The lowest BCUT2D eigenvalue weighted by Gasteiger charge is -2.36. The van der Waals surface area contributed by atoms with Crippen molar-refractivity contribution in [2.24, 2.45) is 0 Å². The fourth-order valence-corrected chi connectivity index (χ4v) is 8.99. The predicted octanol–water partition coefficient (Wildman–Crippen LogP) is 7.52. The highest BCUT2D eigenvalue weighted by Gasteiger charge is 2.41. The molecule has 12 rings (SSSR count). The molecule has 0 unspecified atom stereocenters. The van der Waals surface area contributed by atoms with Crippen LogP contribution in [0.15, 0.2) is 91.0 Å². The molecule has 9 aromatic rings. The summed E-state index contributed by atoms with van der Waals surface area (Å²) in [6.07, 6.45) is 0. The molecule has 0 fully saturated rings. The SMILES string of the molecule is c1cc2ccc3cc4ccc5ccc6cc7ccc8ccc9cc1c1c%10c9c8c7c7c6c5c4c(c3c21)B%107. The van der Waals surface area contributed by atoms with Crippen molar-refractivity contribution < 1.29 is 0 Å². The first-order valence-electron chi connectivity index (χ1n) is 13.3. The lowest BCUT2D eigenvalue weighted by atomic mass is 9.30. The molecule has 37 heavy (non-hydrogen) atoms. The van der Waals surface area contributed by atoms with Crippen molar-refractivity contribution in [1.29, 1.82) is 0 Å². The summed E-state index contributed by atoms with van der Waals surface area (Å²) in [6, 6.07) is 35.6. The van der Waals surface area contributed by atoms with Gasteiger partial charge in [0.25, 0.3) is 0 Å². The van der Waals surface area contributed by atoms with Crippen LogP contribution in [0, 0.1) is 0 Å². The van der Waals surface area contributed by atoms with Crippen molar-refractivity contribution >= 4 is 120 Å². The van der Waals surface area contributed by atoms with Crippen LogP contribution in [0.1, 0.15) is 0 Å². The van der Waals surface area contributed by atoms with E-state index in [9.17, 15) is 0 Å². The van der Waals surface area contributed by atoms with Crippen LogP contribution in [-0.2, 0) is 0 Å². The second kappa shape index (κ2) is 4.97. The summed E-state index contributed by atoms with van der Waals surface area (Å²) >= 11 is 0. The van der Waals surface area contributed by atoms with E-state index in [0.29, 0.717) is 0 Å². The lowest BCUT2D eigenvalue weighted by Crippen LogP contribution is -2.57. The van der Waals surface area contributed by atoms with Crippen LogP contribution < -0.4 is 16.4 Å². The van der Waals surface area contributed by atoms with Gasteiger partial charge in [0.1, 0.15) is 0 Å². The van der Waals surface area contributed by atoms with Gasteiger partial charge in [0.05, 0.1) is 0 Å². The highest BCUT2D eigenvalue weighted by Crippen LogP contribution is 2.46. The Hall–Kier alpha value is -4.62. The maximum absolute atomic E-state index is 2.45. The van der Waals surface area contributed by atoms with Gasteiger partial charge >= 0.3 is 0 Å². The zero-order valence-electron chi connectivity index (χ0n) is 19.7. The van der Waals surface area contributed by atoms with Gasteiger partial charge in [0.2, 0.25) is 6.71 Å². The average molecular weight is 458 g/mol. The summed E-state index contributed by atoms with van der Waals surface area (Å²) in [5.74, 6) is 0. The second-order valence-corrected chi connectivity index (χ2v) is 11.6. The number of benzene rings is 9. The average Bonchev–Trinajstić information content (AvgIpc) is 2.95. The highest BCUT2D eigenvalue weighted by molar-refractivity contribution is 7.07. The third-order valence-electron chi connectivity index (χ3n) is 10.2. The van der Waals surface area contributed by atoms with Gasteiger partial charge in [-0.25, -0.2) is 0 Å². The molecule has 3 aliphatic rings. The van der Waals surface area contributed by atoms with Gasteiger partial charge in [-0.05, 0) is 115 Å². The Kier molecular flexibility index (Phi) is 2.27. The van der Waals surface area contributed by atoms with Gasteiger partial charge < -0.3 is 0 Å². The molecule has 0 N–H and O–H groups in total. The van der Waals surface area contributed by atoms with E-state index in [4.69, 9.17) is 0 Å². The number of hydrogen-bond donors (Lipinski definition) is 0. The van der Waals surface area contributed by atoms with Crippen molar-refractivity contribution in [3.63, 3.8) is 0 Å². The lowest BCUT2D eigenvalue weighted by molar-refractivity contribution is 1.80. The van der Waals surface area contributed by atoms with Crippen LogP contribution in [0.25, 0.3) is 97.0 Å². The fourth-order valence-electron chi connectivity index (χ4n) is 8.99. The first kappa shape index (κ1) is 16.9. The van der Waals surface area contributed by atoms with Gasteiger partial charge in [0, 0.05) is 0 Å². The smallest absolute Gasteiger partial charge is 0.0537 e. The molecule has 0 bridgehead atoms. The summed E-state index contributed by atoms with van der Waals surface area (Å²) in [6.45, 7) is 0.282. The van der Waals surface area contributed by atoms with Crippen molar-refractivity contribution in [1.82, 2.24) is 0 Å². The Bertz CT molecular complexity index is 2270. The fraction of sp³-hybridized carbons (Fsp3) is 0. The molecule has 9 aromatic carbocycles. The molecule has 0 spiro atoms. The van der Waals surface area contributed by atoms with E-state index in [2.05, 4.69) is 91.0 Å². The highest BCUT2D eigenvalue weighted by atomic mass is 14.3. The molecule has 162 valence electrons. The van der Waals surface area contributed by atoms with Crippen LogP contribution in [0.2, 0.25) is 0 Å². The summed E-state index contributed by atoms with van der Waals surface area (Å²) in [5.41, 5.74) is 4.70. The van der Waals surface area contributed by atoms with Crippen molar-refractivity contribution in [2.45, 2.75) is 0 Å². The minimum Gasteiger partial charge on any atom is -0.0537 e. The molecule has 0 atom stereocenters. The van der Waals surface area contributed by atoms with Crippen LogP contribution in [0.3, 0.4) is 0 Å². The van der Waals surface area contributed by atoms with E-state index < -0.39 is 0 Å². The third-order valence-corrected chi connectivity index (χ3v) is 10.2. The van der Waals surface area contributed by atoms with Crippen molar-refractivity contribution in [3.8, 4) is 0 Å². The van der Waals surface area contributed by atoms with Crippen molar-refractivity contribution in [3.05, 3.63) is 91.0 Å². The Morgan fingerprint density at radius 2 is 0.459 bits per heavy atom. The van der Waals surface area contributed by atoms with Crippen LogP contribution in [0.5, 0.6) is 0 Å². The Labute approximate surface area is 210 Å². The topological polar surface area (TPSA) is 0 Å². The van der Waals surface area contributed by atoms with Gasteiger partial charge in [-0.15, -0.1) is 0 Å². The molecule has 0 radical (unpaired) electrons. The Balaban J connectivity index is 1.65.